The zero-order chi connectivity index (χ0) is 37.5. The molecule has 0 aromatic carbocycles. The summed E-state index contributed by atoms with van der Waals surface area (Å²) in [5, 5.41) is 2.63. The van der Waals surface area contributed by atoms with Crippen LogP contribution in [0.1, 0.15) is 213 Å². The van der Waals surface area contributed by atoms with Crippen LogP contribution in [-0.4, -0.2) is 69.4 Å². The maximum Gasteiger partial charge on any atom is 0.407 e. The number of carbonyl (C=O) groups excluding carboxylic acids is 3. The molecule has 0 unspecified atom stereocenters. The van der Waals surface area contributed by atoms with Crippen LogP contribution in [0.3, 0.4) is 0 Å². The van der Waals surface area contributed by atoms with Crippen molar-refractivity contribution in [3.63, 3.8) is 0 Å². The molecule has 0 aliphatic heterocycles. The van der Waals surface area contributed by atoms with E-state index >= 15 is 0 Å². The van der Waals surface area contributed by atoms with E-state index in [1.54, 1.807) is 0 Å². The average Bonchev–Trinajstić information content (AvgIpc) is 3.11. The van der Waals surface area contributed by atoms with Crippen molar-refractivity contribution in [1.82, 2.24) is 10.2 Å². The highest BCUT2D eigenvalue weighted by Gasteiger charge is 2.24. The van der Waals surface area contributed by atoms with Gasteiger partial charge >= 0.3 is 18.0 Å². The van der Waals surface area contributed by atoms with E-state index in [2.05, 4.69) is 19.2 Å². The summed E-state index contributed by atoms with van der Waals surface area (Å²) in [5.41, 5.74) is 0. The third kappa shape index (κ3) is 37.7. The number of alkyl carbamates (subject to hydrolysis) is 1. The van der Waals surface area contributed by atoms with E-state index in [4.69, 9.17) is 14.2 Å². The summed E-state index contributed by atoms with van der Waals surface area (Å²) in [6.07, 6.45) is 35.8. The quantitative estimate of drug-likeness (QED) is 0.0383. The van der Waals surface area contributed by atoms with Gasteiger partial charge in [-0.1, -0.05) is 181 Å². The van der Waals surface area contributed by atoms with Crippen LogP contribution < -0.4 is 5.32 Å². The number of carbonyl (C=O) groups is 3. The molecular formula is C43H84N2O6. The van der Waals surface area contributed by atoms with Gasteiger partial charge in [-0.05, 0) is 39.8 Å². The van der Waals surface area contributed by atoms with E-state index in [-0.39, 0.29) is 25.4 Å². The summed E-state index contributed by atoms with van der Waals surface area (Å²) in [4.78, 5) is 39.8. The minimum atomic E-state index is -0.938. The Morgan fingerprint density at radius 2 is 0.824 bits per heavy atom. The molecule has 1 N–H and O–H groups in total. The highest BCUT2D eigenvalue weighted by atomic mass is 16.6. The number of hydrogen-bond acceptors (Lipinski definition) is 7. The normalized spacial score (nSPS) is 11.9. The molecule has 0 aromatic rings. The van der Waals surface area contributed by atoms with Crippen molar-refractivity contribution >= 4 is 18.0 Å². The second-order valence-corrected chi connectivity index (χ2v) is 15.1. The van der Waals surface area contributed by atoms with Gasteiger partial charge in [0.1, 0.15) is 6.04 Å². The monoisotopic (exact) mass is 725 g/mol. The van der Waals surface area contributed by atoms with Gasteiger partial charge in [0.05, 0.1) is 19.8 Å². The summed E-state index contributed by atoms with van der Waals surface area (Å²) in [6, 6.07) is -0.938. The van der Waals surface area contributed by atoms with Crippen LogP contribution in [0.4, 0.5) is 4.79 Å². The van der Waals surface area contributed by atoms with E-state index in [1.165, 1.54) is 148 Å². The largest absolute Gasteiger partial charge is 0.466 e. The number of nitrogens with one attached hydrogen (secondary N) is 1. The van der Waals surface area contributed by atoms with E-state index in [1.807, 2.05) is 19.0 Å². The first-order valence-corrected chi connectivity index (χ1v) is 21.8. The topological polar surface area (TPSA) is 94.2 Å². The molecule has 0 aromatic heterocycles. The second-order valence-electron chi connectivity index (χ2n) is 15.1. The number of ether oxygens (including phenoxy) is 3. The van der Waals surface area contributed by atoms with Gasteiger partial charge in [0, 0.05) is 13.0 Å². The number of unbranched alkanes of at least 4 members (excludes halogenated alkanes) is 26. The average molecular weight is 725 g/mol. The Hall–Kier alpha value is -1.83. The Bertz CT molecular complexity index is 778. The first kappa shape index (κ1) is 49.2. The molecule has 302 valence electrons. The summed E-state index contributed by atoms with van der Waals surface area (Å²) < 4.78 is 16.2. The molecular weight excluding hydrogens is 640 g/mol. The molecule has 0 saturated carbocycles. The van der Waals surface area contributed by atoms with E-state index in [0.29, 0.717) is 19.6 Å². The lowest BCUT2D eigenvalue weighted by Gasteiger charge is -2.18. The maximum absolute atomic E-state index is 12.9. The van der Waals surface area contributed by atoms with Gasteiger partial charge in [0.15, 0.2) is 0 Å². The zero-order valence-corrected chi connectivity index (χ0v) is 34.2. The maximum atomic E-state index is 12.9. The standard InChI is InChI=1S/C43H84N2O6/c1-5-7-9-11-13-15-17-19-21-23-25-27-29-31-37-49-41(46)35-34-40(44-43(48)51-39-33-36-45(3)4)42(47)50-38-32-30-28-26-24-22-20-18-16-14-12-10-8-6-2/h40H,5-39H2,1-4H3,(H,44,48)/t40-/m0/s1. The number of hydrogen-bond donors (Lipinski definition) is 1. The lowest BCUT2D eigenvalue weighted by molar-refractivity contribution is -0.147. The van der Waals surface area contributed by atoms with Crippen LogP contribution in [0.2, 0.25) is 0 Å². The number of esters is 2. The molecule has 0 aliphatic rings. The first-order chi connectivity index (χ1) is 24.9. The van der Waals surface area contributed by atoms with Crippen molar-refractivity contribution in [3.05, 3.63) is 0 Å². The van der Waals surface area contributed by atoms with Gasteiger partial charge in [0.25, 0.3) is 0 Å². The van der Waals surface area contributed by atoms with Crippen molar-refractivity contribution in [1.29, 1.82) is 0 Å². The van der Waals surface area contributed by atoms with Crippen LogP contribution in [0.15, 0.2) is 0 Å². The molecule has 8 nitrogen and oxygen atoms in total. The SMILES string of the molecule is CCCCCCCCCCCCCCCCOC(=O)CC[C@H](NC(=O)OCCCN(C)C)C(=O)OCCCCCCCCCCCCCCCC. The number of rotatable bonds is 39. The van der Waals surface area contributed by atoms with Crippen LogP contribution in [0.25, 0.3) is 0 Å². The molecule has 1 atom stereocenters. The lowest BCUT2D eigenvalue weighted by atomic mass is 10.0. The second kappa shape index (κ2) is 39.4. The van der Waals surface area contributed by atoms with Gasteiger partial charge in [-0.25, -0.2) is 9.59 Å². The molecule has 0 spiro atoms. The Morgan fingerprint density at radius 3 is 1.22 bits per heavy atom. The van der Waals surface area contributed by atoms with Crippen molar-refractivity contribution in [2.75, 3.05) is 40.5 Å². The van der Waals surface area contributed by atoms with Crippen molar-refractivity contribution in [2.45, 2.75) is 219 Å². The van der Waals surface area contributed by atoms with Crippen LogP contribution in [0.5, 0.6) is 0 Å². The molecule has 51 heavy (non-hydrogen) atoms. The molecule has 0 aliphatic carbocycles. The highest BCUT2D eigenvalue weighted by molar-refractivity contribution is 5.82. The van der Waals surface area contributed by atoms with Crippen LogP contribution >= 0.6 is 0 Å². The molecule has 8 heteroatoms. The van der Waals surface area contributed by atoms with Crippen molar-refractivity contribution < 1.29 is 28.6 Å². The third-order valence-corrected chi connectivity index (χ3v) is 9.70. The Labute approximate surface area is 315 Å². The van der Waals surface area contributed by atoms with Crippen LogP contribution in [0, 0.1) is 0 Å². The van der Waals surface area contributed by atoms with Gasteiger partial charge in [0.2, 0.25) is 0 Å². The molecule has 0 fully saturated rings. The summed E-state index contributed by atoms with van der Waals surface area (Å²) in [6.45, 7) is 6.29. The number of amides is 1. The summed E-state index contributed by atoms with van der Waals surface area (Å²) in [7, 11) is 3.92. The van der Waals surface area contributed by atoms with E-state index in [9.17, 15) is 14.4 Å². The number of nitrogens with zero attached hydrogens (tertiary/aromatic N) is 1. The minimum Gasteiger partial charge on any atom is -0.466 e. The van der Waals surface area contributed by atoms with Crippen LogP contribution in [-0.2, 0) is 23.8 Å². The predicted octanol–water partition coefficient (Wildman–Crippen LogP) is 11.9. The predicted molar refractivity (Wildman–Crippen MR) is 213 cm³/mol. The summed E-state index contributed by atoms with van der Waals surface area (Å²) in [5.74, 6) is -0.870. The van der Waals surface area contributed by atoms with E-state index < -0.39 is 18.1 Å². The Balaban J connectivity index is 4.15. The molecule has 0 saturated heterocycles. The smallest absolute Gasteiger partial charge is 0.407 e. The van der Waals surface area contributed by atoms with Crippen molar-refractivity contribution in [3.8, 4) is 0 Å². The Kier molecular flexibility index (Phi) is 38.0. The van der Waals surface area contributed by atoms with Gasteiger partial charge in [-0.2, -0.15) is 0 Å². The third-order valence-electron chi connectivity index (χ3n) is 9.70. The van der Waals surface area contributed by atoms with E-state index in [0.717, 1.165) is 38.6 Å². The highest BCUT2D eigenvalue weighted by Crippen LogP contribution is 2.15. The molecule has 0 rings (SSSR count). The first-order valence-electron chi connectivity index (χ1n) is 21.8. The molecule has 1 amide bonds. The fourth-order valence-corrected chi connectivity index (χ4v) is 6.37. The van der Waals surface area contributed by atoms with Gasteiger partial charge in [-0.3, -0.25) is 4.79 Å². The van der Waals surface area contributed by atoms with Gasteiger partial charge < -0.3 is 24.4 Å². The summed E-state index contributed by atoms with van der Waals surface area (Å²) >= 11 is 0. The zero-order valence-electron chi connectivity index (χ0n) is 34.2. The van der Waals surface area contributed by atoms with Crippen molar-refractivity contribution in [2.24, 2.45) is 0 Å². The molecule has 0 bridgehead atoms. The van der Waals surface area contributed by atoms with Gasteiger partial charge in [-0.15, -0.1) is 0 Å². The minimum absolute atomic E-state index is 0.0398. The Morgan fingerprint density at radius 1 is 0.471 bits per heavy atom. The fourth-order valence-electron chi connectivity index (χ4n) is 6.37. The molecule has 0 radical (unpaired) electrons. The lowest BCUT2D eigenvalue weighted by Crippen LogP contribution is -2.42. The fraction of sp³-hybridized carbons (Fsp3) is 0.930. The molecule has 0 heterocycles.